The van der Waals surface area contributed by atoms with Crippen LogP contribution in [0.25, 0.3) is 5.69 Å². The Bertz CT molecular complexity index is 1140. The fourth-order valence-electron chi connectivity index (χ4n) is 4.79. The lowest BCUT2D eigenvalue weighted by atomic mass is 10.0. The van der Waals surface area contributed by atoms with Crippen LogP contribution in [0.5, 0.6) is 11.5 Å². The number of nitrogens with one attached hydrogen (secondary N) is 1. The minimum atomic E-state index is -0.0185. The van der Waals surface area contributed by atoms with Crippen LogP contribution in [-0.2, 0) is 4.79 Å². The minimum absolute atomic E-state index is 0.0185. The molecule has 2 aromatic carbocycles. The van der Waals surface area contributed by atoms with E-state index in [9.17, 15) is 4.79 Å². The van der Waals surface area contributed by atoms with Crippen LogP contribution < -0.4 is 14.8 Å². The zero-order valence-corrected chi connectivity index (χ0v) is 19.2. The molecular formula is C26H30N4O3. The molecule has 7 heteroatoms. The first kappa shape index (κ1) is 21.5. The van der Waals surface area contributed by atoms with E-state index in [0.29, 0.717) is 19.8 Å². The van der Waals surface area contributed by atoms with Gasteiger partial charge in [0.05, 0.1) is 42.5 Å². The van der Waals surface area contributed by atoms with Gasteiger partial charge in [-0.05, 0) is 63.1 Å². The highest BCUT2D eigenvalue weighted by atomic mass is 16.5. The Balaban J connectivity index is 1.29. The van der Waals surface area contributed by atoms with Gasteiger partial charge >= 0.3 is 0 Å². The van der Waals surface area contributed by atoms with Gasteiger partial charge in [-0.1, -0.05) is 24.3 Å². The number of hydrogen-bond acceptors (Lipinski definition) is 5. The van der Waals surface area contributed by atoms with E-state index in [2.05, 4.69) is 27.4 Å². The van der Waals surface area contributed by atoms with E-state index in [-0.39, 0.29) is 11.9 Å². The molecule has 33 heavy (non-hydrogen) atoms. The highest BCUT2D eigenvalue weighted by Crippen LogP contribution is 2.37. The summed E-state index contributed by atoms with van der Waals surface area (Å²) in [5, 5.41) is 7.76. The number of amides is 1. The summed E-state index contributed by atoms with van der Waals surface area (Å²) in [5.41, 5.74) is 4.68. The molecule has 3 heterocycles. The van der Waals surface area contributed by atoms with Crippen molar-refractivity contribution in [3.05, 3.63) is 65.5 Å². The molecule has 1 atom stereocenters. The number of likely N-dealkylation sites (tertiary alicyclic amines) is 1. The summed E-state index contributed by atoms with van der Waals surface area (Å²) in [5.74, 6) is 1.59. The quantitative estimate of drug-likeness (QED) is 0.628. The fourth-order valence-corrected chi connectivity index (χ4v) is 4.79. The molecule has 5 rings (SSSR count). The van der Waals surface area contributed by atoms with Gasteiger partial charge in [0.15, 0.2) is 11.5 Å². The van der Waals surface area contributed by atoms with Crippen LogP contribution in [0.3, 0.4) is 0 Å². The number of carbonyl (C=O) groups excluding carboxylic acids is 1. The molecule has 0 saturated carbocycles. The van der Waals surface area contributed by atoms with Gasteiger partial charge in [0.1, 0.15) is 0 Å². The number of rotatable bonds is 5. The van der Waals surface area contributed by atoms with Crippen LogP contribution in [0.2, 0.25) is 0 Å². The van der Waals surface area contributed by atoms with Crippen LogP contribution in [0.1, 0.15) is 42.3 Å². The molecule has 0 spiro atoms. The van der Waals surface area contributed by atoms with Gasteiger partial charge in [0.25, 0.3) is 0 Å². The van der Waals surface area contributed by atoms with Gasteiger partial charge in [0, 0.05) is 12.5 Å². The maximum absolute atomic E-state index is 13.0. The third-order valence-corrected chi connectivity index (χ3v) is 6.42. The van der Waals surface area contributed by atoms with Gasteiger partial charge in [-0.2, -0.15) is 5.10 Å². The van der Waals surface area contributed by atoms with E-state index in [1.807, 2.05) is 54.9 Å². The lowest BCUT2D eigenvalue weighted by Gasteiger charge is -2.25. The highest BCUT2D eigenvalue weighted by molar-refractivity contribution is 5.93. The van der Waals surface area contributed by atoms with E-state index in [4.69, 9.17) is 9.47 Å². The molecule has 0 bridgehead atoms. The first-order chi connectivity index (χ1) is 16.1. The molecule has 3 aromatic rings. The van der Waals surface area contributed by atoms with Gasteiger partial charge in [0.2, 0.25) is 5.91 Å². The Morgan fingerprint density at radius 2 is 1.85 bits per heavy atom. The average molecular weight is 447 g/mol. The standard InChI is InChI=1S/C26H30N4O3/c1-18-26(19(2)30(28-18)21-8-4-3-5-9-21)27-25(31)17-29-13-6-10-22(29)20-11-12-23-24(16-20)33-15-7-14-32-23/h3-5,8-9,11-12,16,22H,6-7,10,13-15,17H2,1-2H3,(H,27,31). The van der Waals surface area contributed by atoms with Crippen LogP contribution in [-0.4, -0.2) is 46.9 Å². The van der Waals surface area contributed by atoms with Gasteiger partial charge < -0.3 is 14.8 Å². The first-order valence-electron chi connectivity index (χ1n) is 11.7. The lowest BCUT2D eigenvalue weighted by Crippen LogP contribution is -2.33. The number of aromatic nitrogens is 2. The van der Waals surface area contributed by atoms with E-state index in [1.165, 1.54) is 5.56 Å². The normalized spacial score (nSPS) is 18.2. The number of para-hydroxylation sites is 1. The molecule has 1 N–H and O–H groups in total. The summed E-state index contributed by atoms with van der Waals surface area (Å²) in [6, 6.07) is 16.3. The van der Waals surface area contributed by atoms with E-state index < -0.39 is 0 Å². The second kappa shape index (κ2) is 9.27. The van der Waals surface area contributed by atoms with E-state index in [1.54, 1.807) is 0 Å². The van der Waals surface area contributed by atoms with Crippen molar-refractivity contribution in [1.82, 2.24) is 14.7 Å². The number of fused-ring (bicyclic) bond motifs is 1. The molecule has 1 fully saturated rings. The summed E-state index contributed by atoms with van der Waals surface area (Å²) < 4.78 is 13.5. The maximum atomic E-state index is 13.0. The Hall–Kier alpha value is -3.32. The maximum Gasteiger partial charge on any atom is 0.238 e. The van der Waals surface area contributed by atoms with E-state index in [0.717, 1.165) is 60.1 Å². The van der Waals surface area contributed by atoms with Crippen molar-refractivity contribution < 1.29 is 14.3 Å². The zero-order valence-electron chi connectivity index (χ0n) is 19.2. The molecule has 172 valence electrons. The van der Waals surface area contributed by atoms with Crippen LogP contribution in [0.15, 0.2) is 48.5 Å². The van der Waals surface area contributed by atoms with Crippen molar-refractivity contribution in [3.63, 3.8) is 0 Å². The number of benzene rings is 2. The van der Waals surface area contributed by atoms with Crippen LogP contribution in [0.4, 0.5) is 5.69 Å². The SMILES string of the molecule is Cc1nn(-c2ccccc2)c(C)c1NC(=O)CN1CCCC1c1ccc2c(c1)OCCCO2. The molecule has 1 aromatic heterocycles. The predicted molar refractivity (Wildman–Crippen MR) is 127 cm³/mol. The topological polar surface area (TPSA) is 68.6 Å². The predicted octanol–water partition coefficient (Wildman–Crippen LogP) is 4.43. The van der Waals surface area contributed by atoms with Crippen molar-refractivity contribution in [1.29, 1.82) is 0 Å². The Morgan fingerprint density at radius 3 is 2.67 bits per heavy atom. The number of anilines is 1. The number of carbonyl (C=O) groups is 1. The second-order valence-corrected chi connectivity index (χ2v) is 8.73. The van der Waals surface area contributed by atoms with Crippen molar-refractivity contribution in [2.45, 2.75) is 39.2 Å². The summed E-state index contributed by atoms with van der Waals surface area (Å²) in [6.07, 6.45) is 2.98. The molecule has 2 aliphatic rings. The fraction of sp³-hybridized carbons (Fsp3) is 0.385. The van der Waals surface area contributed by atoms with E-state index >= 15 is 0 Å². The third-order valence-electron chi connectivity index (χ3n) is 6.42. The van der Waals surface area contributed by atoms with Crippen LogP contribution in [0, 0.1) is 13.8 Å². The minimum Gasteiger partial charge on any atom is -0.490 e. The smallest absolute Gasteiger partial charge is 0.238 e. The van der Waals surface area contributed by atoms with Crippen molar-refractivity contribution in [3.8, 4) is 17.2 Å². The zero-order chi connectivity index (χ0) is 22.8. The van der Waals surface area contributed by atoms with Crippen molar-refractivity contribution in [2.24, 2.45) is 0 Å². The Kier molecular flexibility index (Phi) is 6.05. The molecular weight excluding hydrogens is 416 g/mol. The summed E-state index contributed by atoms with van der Waals surface area (Å²) >= 11 is 0. The molecule has 1 unspecified atom stereocenters. The molecule has 1 saturated heterocycles. The van der Waals surface area contributed by atoms with Gasteiger partial charge in [-0.3, -0.25) is 9.69 Å². The molecule has 7 nitrogen and oxygen atoms in total. The highest BCUT2D eigenvalue weighted by Gasteiger charge is 2.29. The summed E-state index contributed by atoms with van der Waals surface area (Å²) in [4.78, 5) is 15.3. The monoisotopic (exact) mass is 446 g/mol. The average Bonchev–Trinajstić information content (AvgIpc) is 3.29. The van der Waals surface area contributed by atoms with Gasteiger partial charge in [-0.15, -0.1) is 0 Å². The second-order valence-electron chi connectivity index (χ2n) is 8.73. The van der Waals surface area contributed by atoms with Crippen LogP contribution >= 0.6 is 0 Å². The van der Waals surface area contributed by atoms with Crippen molar-refractivity contribution in [2.75, 3.05) is 31.6 Å². The molecule has 2 aliphatic heterocycles. The molecule has 0 aliphatic carbocycles. The summed E-state index contributed by atoms with van der Waals surface area (Å²) in [7, 11) is 0. The number of nitrogens with zero attached hydrogens (tertiary/aromatic N) is 3. The summed E-state index contributed by atoms with van der Waals surface area (Å²) in [6.45, 7) is 6.50. The van der Waals surface area contributed by atoms with Gasteiger partial charge in [-0.25, -0.2) is 4.68 Å². The number of ether oxygens (including phenoxy) is 2. The Morgan fingerprint density at radius 1 is 1.06 bits per heavy atom. The third kappa shape index (κ3) is 4.46. The molecule has 0 radical (unpaired) electrons. The first-order valence-corrected chi connectivity index (χ1v) is 11.7. The van der Waals surface area contributed by atoms with Crippen molar-refractivity contribution >= 4 is 11.6 Å². The Labute approximate surface area is 194 Å². The number of hydrogen-bond donors (Lipinski definition) is 1. The number of aryl methyl sites for hydroxylation is 1. The molecule has 1 amide bonds. The largest absolute Gasteiger partial charge is 0.490 e. The lowest BCUT2D eigenvalue weighted by molar-refractivity contribution is -0.117.